The van der Waals surface area contributed by atoms with Crippen molar-refractivity contribution in [2.75, 3.05) is 187 Å². The maximum Gasteiger partial charge on any atom is 0.320 e. The van der Waals surface area contributed by atoms with E-state index in [1.54, 1.807) is 24.3 Å². The lowest BCUT2D eigenvalue weighted by molar-refractivity contribution is -0.182. The number of carbonyl (C=O) groups excluding carboxylic acids is 4. The lowest BCUT2D eigenvalue weighted by atomic mass is 9.68. The van der Waals surface area contributed by atoms with Crippen molar-refractivity contribution in [3.05, 3.63) is 150 Å². The number of nitrogens with zero attached hydrogens (tertiary/aromatic N) is 8. The van der Waals surface area contributed by atoms with Gasteiger partial charge >= 0.3 is 18.1 Å². The molecule has 9 aliphatic heterocycles. The number of hydrogen-bond donors (Lipinski definition) is 3. The molecule has 0 atom stereocenters. The quantitative estimate of drug-likeness (QED) is 0.0272. The summed E-state index contributed by atoms with van der Waals surface area (Å²) in [4.78, 5) is 68.1. The topological polar surface area (TPSA) is 245 Å². The second-order valence-electron chi connectivity index (χ2n) is 44.3. The van der Waals surface area contributed by atoms with Gasteiger partial charge in [-0.05, 0) is 237 Å². The van der Waals surface area contributed by atoms with Crippen molar-refractivity contribution in [1.82, 2.24) is 44.5 Å². The van der Waals surface area contributed by atoms with E-state index < -0.39 is 15.7 Å². The van der Waals surface area contributed by atoms with E-state index in [0.717, 1.165) is 206 Å². The van der Waals surface area contributed by atoms with E-state index >= 15 is 0 Å². The molecule has 15 aliphatic rings. The van der Waals surface area contributed by atoms with Crippen LogP contribution in [0.15, 0.2) is 133 Å². The summed E-state index contributed by atoms with van der Waals surface area (Å²) in [6.45, 7) is 32.4. The standard InChI is InChI=1S/C27H41N3O2.C26H39N3O3.C21H31N3O.C13H18O4S.C6H12O2.C6H10O2.C6H10O/c1-25(20-32-21-25)16-17-29-19-26(30(24(29)31)18-22-8-7-9-22)12-14-27(15-13-26,28(2)3)23-10-5-4-6-11-23;1-27(2)26(22-9-4-3-5-10-22)13-11-24(12-14-26)18-28(16-15-25(31)19-32-20-25)23(30)29(24)17-21-7-6-8-21;1-23(2)21(18-9-4-3-5-10-18)13-11-20(12-14-21)16-22-19(25)24(20)15-17-7-6-8-17;1-11-3-5-12(6-4-11)18(14,15)17-8-7-13(2)9-16-10-13;2*1-6(2-3-7)4-8-5-6;1-3-6(2)4-7-5-6/h4-6,10-11,22H,7-9,12-21H2,1-3H3;3-5,9-10,21,31H,6-8,11-20H2,1-2H3;3-5,9-10,17H,6-8,11-16H2,1-2H3,(H,22,25);3-6H,7-10H2,1-2H3;7H,2-5H2,1H3;3H,2,4-5H2,1H3;3H,1,4-5H2,2H3. The van der Waals surface area contributed by atoms with Crippen molar-refractivity contribution in [3.8, 4) is 0 Å². The van der Waals surface area contributed by atoms with Gasteiger partial charge in [0.1, 0.15) is 11.9 Å². The molecule has 0 bridgehead atoms. The molecule has 0 unspecified atom stereocenters. The van der Waals surface area contributed by atoms with Crippen molar-refractivity contribution < 1.29 is 70.4 Å². The molecule has 6 aliphatic carbocycles. The zero-order valence-electron chi connectivity index (χ0n) is 81.2. The minimum absolute atomic E-state index is 0.0119. The maximum atomic E-state index is 13.7. The van der Waals surface area contributed by atoms with Gasteiger partial charge in [0.05, 0.1) is 107 Å². The Morgan fingerprint density at radius 1 is 0.462 bits per heavy atom. The number of rotatable bonds is 28. The predicted molar refractivity (Wildman–Crippen MR) is 510 cm³/mol. The molecule has 0 aromatic heterocycles. The lowest BCUT2D eigenvalue weighted by Gasteiger charge is -2.51. The molecule has 9 heterocycles. The highest BCUT2D eigenvalue weighted by molar-refractivity contribution is 7.86. The number of hydrogen-bond acceptors (Lipinski definition) is 18. The molecule has 6 amide bonds. The molecule has 722 valence electrons. The number of ether oxygens (including phenoxy) is 6. The second kappa shape index (κ2) is 42.9. The molecule has 3 spiro atoms. The van der Waals surface area contributed by atoms with Gasteiger partial charge in [-0.2, -0.15) is 8.42 Å². The number of benzene rings is 4. The average molecular weight is 1820 g/mol. The minimum atomic E-state index is -3.62. The molecule has 0 radical (unpaired) electrons. The fourth-order valence-electron chi connectivity index (χ4n) is 22.1. The number of aryl methyl sites for hydroxylation is 1. The van der Waals surface area contributed by atoms with Crippen molar-refractivity contribution >= 4 is 34.5 Å². The number of aliphatic hydroxyl groups excluding tert-OH is 1. The van der Waals surface area contributed by atoms with Gasteiger partial charge in [-0.25, -0.2) is 14.4 Å². The first-order valence-corrected chi connectivity index (χ1v) is 50.6. The van der Waals surface area contributed by atoms with E-state index in [4.69, 9.17) is 37.7 Å². The number of amides is 6. The van der Waals surface area contributed by atoms with Crippen molar-refractivity contribution in [1.29, 1.82) is 0 Å². The van der Waals surface area contributed by atoms with Crippen molar-refractivity contribution in [2.24, 2.45) is 44.8 Å². The second-order valence-corrected chi connectivity index (χ2v) is 45.9. The van der Waals surface area contributed by atoms with E-state index in [9.17, 15) is 32.7 Å². The van der Waals surface area contributed by atoms with Gasteiger partial charge in [0.15, 0.2) is 0 Å². The van der Waals surface area contributed by atoms with Crippen LogP contribution in [0.2, 0.25) is 0 Å². The summed E-state index contributed by atoms with van der Waals surface area (Å²) in [7, 11) is 9.63. The SMILES string of the molecule is C=CC1(C)COC1.CC1(CC=O)COC1.CC1(CCO)COC1.CN(C)C1(c2ccccc2)CCC2(CC1)CN(CCC1(C)COC1)C(=O)N2CC1CCC1.CN(C)C1(c2ccccc2)CCC2(CC1)CN(CCC1(O)COC1)C(=O)N2CC1CCC1.CN(C)C1(c2ccccc2)CCC2(CC1)CNC(=O)N2CC1CCC1.Cc1ccc(S(=O)(=O)OCCC2(C)COC2)cc1. The monoisotopic (exact) mass is 1820 g/mol. The minimum Gasteiger partial charge on any atom is -0.396 e. The maximum absolute atomic E-state index is 13.7. The van der Waals surface area contributed by atoms with Gasteiger partial charge < -0.3 is 73.2 Å². The first-order valence-electron chi connectivity index (χ1n) is 49.2. The summed E-state index contributed by atoms with van der Waals surface area (Å²) in [6, 6.07) is 40.2. The summed E-state index contributed by atoms with van der Waals surface area (Å²) >= 11 is 0. The van der Waals surface area contributed by atoms with Gasteiger partial charge in [-0.15, -0.1) is 6.58 Å². The van der Waals surface area contributed by atoms with Gasteiger partial charge in [0.25, 0.3) is 10.1 Å². The van der Waals surface area contributed by atoms with Crippen LogP contribution in [0.1, 0.15) is 224 Å². The highest BCUT2D eigenvalue weighted by Gasteiger charge is 2.59. The summed E-state index contributed by atoms with van der Waals surface area (Å²) in [6.07, 6.45) is 31.4. The van der Waals surface area contributed by atoms with E-state index in [1.165, 1.54) is 74.5 Å². The first kappa shape index (κ1) is 101. The zero-order valence-corrected chi connectivity index (χ0v) is 82.0. The molecule has 3 N–H and O–H groups in total. The Hall–Kier alpha value is -6.43. The van der Waals surface area contributed by atoms with Crippen LogP contribution in [0.5, 0.6) is 0 Å². The fraction of sp³-hybridized carbons (Fsp3) is 0.714. The molecule has 4 aromatic rings. The molecule has 4 aromatic carbocycles. The summed E-state index contributed by atoms with van der Waals surface area (Å²) in [5.41, 5.74) is 5.81. The summed E-state index contributed by atoms with van der Waals surface area (Å²) in [5, 5.41) is 22.2. The third kappa shape index (κ3) is 23.4. The Morgan fingerprint density at radius 3 is 1.11 bits per heavy atom. The third-order valence-electron chi connectivity index (χ3n) is 33.1. The molecule has 130 heavy (non-hydrogen) atoms. The van der Waals surface area contributed by atoms with E-state index in [0.29, 0.717) is 87.5 Å². The fourth-order valence-corrected chi connectivity index (χ4v) is 23.0. The lowest BCUT2D eigenvalue weighted by Crippen LogP contribution is -2.56. The van der Waals surface area contributed by atoms with Gasteiger partial charge in [-0.1, -0.05) is 169 Å². The number of aliphatic hydroxyl groups is 2. The van der Waals surface area contributed by atoms with Crippen LogP contribution in [0.4, 0.5) is 14.4 Å². The molecule has 15 fully saturated rings. The highest BCUT2D eigenvalue weighted by Crippen LogP contribution is 2.54. The Morgan fingerprint density at radius 2 is 0.815 bits per heavy atom. The van der Waals surface area contributed by atoms with Crippen molar-refractivity contribution in [2.45, 2.75) is 252 Å². The van der Waals surface area contributed by atoms with Crippen LogP contribution in [0, 0.1) is 51.8 Å². The van der Waals surface area contributed by atoms with Crippen LogP contribution < -0.4 is 5.32 Å². The molecule has 25 heteroatoms. The summed E-state index contributed by atoms with van der Waals surface area (Å²) in [5.74, 6) is 2.10. The number of nitrogens with one attached hydrogen (secondary N) is 1. The van der Waals surface area contributed by atoms with Crippen LogP contribution in [-0.4, -0.2) is 292 Å². The van der Waals surface area contributed by atoms with Crippen LogP contribution in [-0.2, 0) is 64.1 Å². The average Bonchev–Trinajstić information content (AvgIpc) is 1.56. The smallest absolute Gasteiger partial charge is 0.320 e. The zero-order chi connectivity index (χ0) is 92.9. The predicted octanol–water partition coefficient (Wildman–Crippen LogP) is 16.1. The normalized spacial score (nSPS) is 29.2. The number of carbonyl (C=O) groups is 4. The largest absolute Gasteiger partial charge is 0.396 e. The van der Waals surface area contributed by atoms with E-state index in [2.05, 4.69) is 214 Å². The van der Waals surface area contributed by atoms with Gasteiger partial charge in [0.2, 0.25) is 0 Å². The van der Waals surface area contributed by atoms with E-state index in [1.807, 2.05) is 17.9 Å². The molecule has 24 nitrogen and oxygen atoms in total. The Balaban J connectivity index is 0.000000138. The Kier molecular flexibility index (Phi) is 33.3. The Bertz CT molecular complexity index is 4250. The number of aldehydes is 1. The Labute approximate surface area is 779 Å². The van der Waals surface area contributed by atoms with Crippen LogP contribution in [0.3, 0.4) is 0 Å². The highest BCUT2D eigenvalue weighted by atomic mass is 32.2. The number of urea groups is 3. The first-order chi connectivity index (χ1) is 62.0. The molecular weight excluding hydrogens is 1660 g/mol. The van der Waals surface area contributed by atoms with Crippen LogP contribution in [0.25, 0.3) is 0 Å². The van der Waals surface area contributed by atoms with Gasteiger partial charge in [0, 0.05) is 109 Å². The molecule has 19 rings (SSSR count). The molecule has 6 saturated carbocycles. The molecule has 9 saturated heterocycles. The molecular formula is C105H161N9O15S. The summed E-state index contributed by atoms with van der Waals surface area (Å²) < 4.78 is 59.4. The third-order valence-corrected chi connectivity index (χ3v) is 34.4. The van der Waals surface area contributed by atoms with Gasteiger partial charge in [-0.3, -0.25) is 18.9 Å². The van der Waals surface area contributed by atoms with Crippen molar-refractivity contribution in [3.63, 3.8) is 0 Å². The van der Waals surface area contributed by atoms with Crippen LogP contribution >= 0.6 is 0 Å². The van der Waals surface area contributed by atoms with E-state index in [-0.39, 0.29) is 73.0 Å².